The van der Waals surface area contributed by atoms with Gasteiger partial charge >= 0.3 is 6.03 Å². The first kappa shape index (κ1) is 22.5. The summed E-state index contributed by atoms with van der Waals surface area (Å²) in [5.41, 5.74) is 3.21. The Morgan fingerprint density at radius 1 is 1.06 bits per heavy atom. The normalized spacial score (nSPS) is 10.7. The minimum Gasteiger partial charge on any atom is -0.395 e. The van der Waals surface area contributed by atoms with E-state index in [-0.39, 0.29) is 18.7 Å². The number of pyridine rings is 1. The number of amides is 2. The number of hydrogen-bond donors (Lipinski definition) is 4. The summed E-state index contributed by atoms with van der Waals surface area (Å²) in [5, 5.41) is 18.0. The molecule has 0 unspecified atom stereocenters. The molecule has 0 atom stereocenters. The molecular weight excluding hydrogens is 412 g/mol. The molecule has 4 N–H and O–H groups in total. The van der Waals surface area contributed by atoms with Gasteiger partial charge in [-0.3, -0.25) is 4.98 Å². The van der Waals surface area contributed by atoms with Crippen LogP contribution < -0.4 is 16.0 Å². The van der Waals surface area contributed by atoms with Crippen LogP contribution in [0.1, 0.15) is 13.8 Å². The van der Waals surface area contributed by atoms with E-state index in [2.05, 4.69) is 20.9 Å². The van der Waals surface area contributed by atoms with Crippen molar-refractivity contribution >= 4 is 29.3 Å². The van der Waals surface area contributed by atoms with E-state index in [9.17, 15) is 9.90 Å². The number of carbonyl (C=O) groups excluding carboxylic acids is 1. The lowest BCUT2D eigenvalue weighted by Gasteiger charge is -2.15. The predicted molar refractivity (Wildman–Crippen MR) is 125 cm³/mol. The lowest BCUT2D eigenvalue weighted by atomic mass is 10.1. The number of aliphatic hydroxyl groups is 1. The van der Waals surface area contributed by atoms with Gasteiger partial charge < -0.3 is 21.1 Å². The second-order valence-electron chi connectivity index (χ2n) is 6.99. The van der Waals surface area contributed by atoms with Gasteiger partial charge in [0.25, 0.3) is 0 Å². The molecule has 0 fully saturated rings. The Hall–Kier alpha value is -3.17. The number of benzene rings is 1. The van der Waals surface area contributed by atoms with E-state index >= 15 is 0 Å². The van der Waals surface area contributed by atoms with Crippen molar-refractivity contribution in [3.05, 3.63) is 48.8 Å². The zero-order valence-corrected chi connectivity index (χ0v) is 18.5. The first-order valence-corrected chi connectivity index (χ1v) is 11.1. The van der Waals surface area contributed by atoms with E-state index in [1.165, 1.54) is 0 Å². The Kier molecular flexibility index (Phi) is 7.80. The summed E-state index contributed by atoms with van der Waals surface area (Å²) < 4.78 is 0. The predicted octanol–water partition coefficient (Wildman–Crippen LogP) is 3.86. The number of anilines is 2. The SMILES string of the molecule is CSc1c(NCCO)nc(-c2ccc(NC(=O)NC(C)C)cc2)nc1-c1ccncc1. The summed E-state index contributed by atoms with van der Waals surface area (Å²) in [6.45, 7) is 4.19. The third kappa shape index (κ3) is 5.93. The van der Waals surface area contributed by atoms with Crippen LogP contribution in [-0.4, -0.2) is 51.5 Å². The second-order valence-corrected chi connectivity index (χ2v) is 7.81. The maximum Gasteiger partial charge on any atom is 0.319 e. The molecule has 3 rings (SSSR count). The van der Waals surface area contributed by atoms with Gasteiger partial charge in [-0.1, -0.05) is 0 Å². The molecule has 2 heterocycles. The van der Waals surface area contributed by atoms with Crippen LogP contribution >= 0.6 is 11.8 Å². The average Bonchev–Trinajstić information content (AvgIpc) is 2.77. The van der Waals surface area contributed by atoms with E-state index in [1.807, 2.05) is 56.5 Å². The molecule has 0 aliphatic rings. The molecule has 0 spiro atoms. The molecule has 3 aromatic rings. The highest BCUT2D eigenvalue weighted by molar-refractivity contribution is 7.98. The van der Waals surface area contributed by atoms with Crippen molar-refractivity contribution in [1.82, 2.24) is 20.3 Å². The molecule has 2 aromatic heterocycles. The van der Waals surface area contributed by atoms with Gasteiger partial charge in [0.15, 0.2) is 5.82 Å². The topological polar surface area (TPSA) is 112 Å². The van der Waals surface area contributed by atoms with E-state index in [0.29, 0.717) is 23.9 Å². The molecule has 0 saturated carbocycles. The van der Waals surface area contributed by atoms with Gasteiger partial charge in [0.2, 0.25) is 0 Å². The molecule has 162 valence electrons. The largest absolute Gasteiger partial charge is 0.395 e. The molecule has 0 aliphatic heterocycles. The molecule has 9 heteroatoms. The van der Waals surface area contributed by atoms with Crippen molar-refractivity contribution in [3.8, 4) is 22.6 Å². The highest BCUT2D eigenvalue weighted by atomic mass is 32.2. The Bertz CT molecular complexity index is 1010. The minimum absolute atomic E-state index is 0.00342. The molecule has 0 radical (unpaired) electrons. The lowest BCUT2D eigenvalue weighted by Crippen LogP contribution is -2.34. The molecule has 1 aromatic carbocycles. The third-order valence-corrected chi connectivity index (χ3v) is 5.04. The summed E-state index contributed by atoms with van der Waals surface area (Å²) in [6, 6.07) is 11.0. The van der Waals surface area contributed by atoms with E-state index < -0.39 is 0 Å². The second kappa shape index (κ2) is 10.7. The fraction of sp³-hybridized carbons (Fsp3) is 0.273. The van der Waals surface area contributed by atoms with Crippen molar-refractivity contribution in [2.75, 3.05) is 30.0 Å². The van der Waals surface area contributed by atoms with Crippen molar-refractivity contribution in [1.29, 1.82) is 0 Å². The van der Waals surface area contributed by atoms with E-state index in [1.54, 1.807) is 24.2 Å². The third-order valence-electron chi connectivity index (χ3n) is 4.25. The first-order valence-electron chi connectivity index (χ1n) is 9.91. The van der Waals surface area contributed by atoms with Crippen LogP contribution in [0, 0.1) is 0 Å². The standard InChI is InChI=1S/C22H26N6O2S/c1-14(2)25-22(30)26-17-6-4-16(5-7-17)20-27-18(15-8-10-23-11-9-15)19(31-3)21(28-20)24-12-13-29/h4-11,14,29H,12-13H2,1-3H3,(H,24,27,28)(H2,25,26,30). The number of thioether (sulfide) groups is 1. The Balaban J connectivity index is 1.97. The van der Waals surface area contributed by atoms with Crippen LogP contribution in [-0.2, 0) is 0 Å². The summed E-state index contributed by atoms with van der Waals surface area (Å²) in [4.78, 5) is 26.4. The number of carbonyl (C=O) groups is 1. The van der Waals surface area contributed by atoms with Crippen molar-refractivity contribution in [2.24, 2.45) is 0 Å². The van der Waals surface area contributed by atoms with E-state index in [4.69, 9.17) is 9.97 Å². The van der Waals surface area contributed by atoms with Gasteiger partial charge in [0, 0.05) is 41.8 Å². The maximum absolute atomic E-state index is 11.9. The number of urea groups is 1. The number of nitrogens with zero attached hydrogens (tertiary/aromatic N) is 3. The van der Waals surface area contributed by atoms with Crippen molar-refractivity contribution < 1.29 is 9.90 Å². The van der Waals surface area contributed by atoms with Crippen LogP contribution in [0.3, 0.4) is 0 Å². The number of nitrogens with one attached hydrogen (secondary N) is 3. The molecule has 0 aliphatic carbocycles. The summed E-state index contributed by atoms with van der Waals surface area (Å²) in [5.74, 6) is 1.21. The van der Waals surface area contributed by atoms with Gasteiger partial charge in [-0.2, -0.15) is 0 Å². The lowest BCUT2D eigenvalue weighted by molar-refractivity contribution is 0.250. The summed E-state index contributed by atoms with van der Waals surface area (Å²) in [7, 11) is 0. The quantitative estimate of drug-likeness (QED) is 0.395. The van der Waals surface area contributed by atoms with Crippen LogP contribution in [0.15, 0.2) is 53.7 Å². The van der Waals surface area contributed by atoms with Gasteiger partial charge in [0.1, 0.15) is 5.82 Å². The van der Waals surface area contributed by atoms with Crippen molar-refractivity contribution in [3.63, 3.8) is 0 Å². The van der Waals surface area contributed by atoms with Crippen molar-refractivity contribution in [2.45, 2.75) is 24.8 Å². The molecule has 0 saturated heterocycles. The first-order chi connectivity index (χ1) is 15.0. The smallest absolute Gasteiger partial charge is 0.319 e. The fourth-order valence-electron chi connectivity index (χ4n) is 2.90. The monoisotopic (exact) mass is 438 g/mol. The van der Waals surface area contributed by atoms with Gasteiger partial charge in [-0.05, 0) is 56.5 Å². The molecule has 2 amide bonds. The van der Waals surface area contributed by atoms with Gasteiger partial charge in [-0.15, -0.1) is 11.8 Å². The Morgan fingerprint density at radius 3 is 2.39 bits per heavy atom. The fourth-order valence-corrected chi connectivity index (χ4v) is 3.57. The minimum atomic E-state index is -0.251. The average molecular weight is 439 g/mol. The summed E-state index contributed by atoms with van der Waals surface area (Å²) in [6.07, 6.45) is 5.42. The zero-order valence-electron chi connectivity index (χ0n) is 17.7. The number of hydrogen-bond acceptors (Lipinski definition) is 7. The molecule has 0 bridgehead atoms. The number of aliphatic hydroxyl groups excluding tert-OH is 1. The van der Waals surface area contributed by atoms with E-state index in [0.717, 1.165) is 21.7 Å². The van der Waals surface area contributed by atoms with Crippen LogP contribution in [0.2, 0.25) is 0 Å². The Morgan fingerprint density at radius 2 is 1.77 bits per heavy atom. The highest BCUT2D eigenvalue weighted by Gasteiger charge is 2.16. The summed E-state index contributed by atoms with van der Waals surface area (Å²) >= 11 is 1.54. The molecular formula is C22H26N6O2S. The zero-order chi connectivity index (χ0) is 22.2. The number of aromatic nitrogens is 3. The van der Waals surface area contributed by atoms with Crippen LogP contribution in [0.4, 0.5) is 16.3 Å². The highest BCUT2D eigenvalue weighted by Crippen LogP contribution is 2.35. The molecule has 31 heavy (non-hydrogen) atoms. The maximum atomic E-state index is 11.9. The van der Waals surface area contributed by atoms with Gasteiger partial charge in [0.05, 0.1) is 17.2 Å². The number of rotatable bonds is 8. The van der Waals surface area contributed by atoms with Gasteiger partial charge in [-0.25, -0.2) is 14.8 Å². The molecule has 8 nitrogen and oxygen atoms in total. The van der Waals surface area contributed by atoms with Crippen LogP contribution in [0.5, 0.6) is 0 Å². The van der Waals surface area contributed by atoms with Crippen LogP contribution in [0.25, 0.3) is 22.6 Å². The Labute approximate surface area is 185 Å².